The van der Waals surface area contributed by atoms with Crippen LogP contribution in [0.25, 0.3) is 0 Å². The van der Waals surface area contributed by atoms with Crippen molar-refractivity contribution in [3.63, 3.8) is 0 Å². The second kappa shape index (κ2) is 3.38. The van der Waals surface area contributed by atoms with Crippen molar-refractivity contribution in [2.75, 3.05) is 0 Å². The maximum Gasteiger partial charge on any atom is 0.0332 e. The number of rotatable bonds is 2. The molecule has 17 heavy (non-hydrogen) atoms. The molecule has 0 spiro atoms. The average molecular weight is 230 g/mol. The molecule has 0 radical (unpaired) electrons. The highest BCUT2D eigenvalue weighted by Crippen LogP contribution is 2.60. The molecule has 4 fully saturated rings. The second-order valence-electron chi connectivity index (χ2n) is 6.82. The molecule has 1 heterocycles. The number of hydrogen-bond acceptors (Lipinski definition) is 1. The highest BCUT2D eigenvalue weighted by Gasteiger charge is 2.51. The molecule has 0 atom stereocenters. The van der Waals surface area contributed by atoms with E-state index in [1.54, 1.807) is 5.56 Å². The van der Waals surface area contributed by atoms with Gasteiger partial charge in [-0.15, -0.1) is 0 Å². The van der Waals surface area contributed by atoms with E-state index in [4.69, 9.17) is 5.73 Å². The lowest BCUT2D eigenvalue weighted by molar-refractivity contribution is -0.00513. The van der Waals surface area contributed by atoms with E-state index in [2.05, 4.69) is 17.2 Å². The van der Waals surface area contributed by atoms with Crippen molar-refractivity contribution in [3.8, 4) is 0 Å². The monoisotopic (exact) mass is 230 g/mol. The van der Waals surface area contributed by atoms with Crippen LogP contribution in [-0.2, 0) is 12.0 Å². The van der Waals surface area contributed by atoms with E-state index in [0.717, 1.165) is 17.8 Å². The van der Waals surface area contributed by atoms with Crippen LogP contribution in [0.15, 0.2) is 12.3 Å². The first-order valence-electron chi connectivity index (χ1n) is 7.15. The van der Waals surface area contributed by atoms with Gasteiger partial charge in [0.25, 0.3) is 0 Å². The minimum absolute atomic E-state index is 0.526. The fourth-order valence-electron chi connectivity index (χ4n) is 5.33. The molecule has 5 rings (SSSR count). The summed E-state index contributed by atoms with van der Waals surface area (Å²) >= 11 is 0. The van der Waals surface area contributed by atoms with E-state index < -0.39 is 0 Å². The third-order valence-electron chi connectivity index (χ3n) is 5.61. The first kappa shape index (κ1) is 10.2. The van der Waals surface area contributed by atoms with Gasteiger partial charge in [0.2, 0.25) is 0 Å². The molecule has 4 saturated carbocycles. The molecular weight excluding hydrogens is 208 g/mol. The lowest BCUT2D eigenvalue weighted by Gasteiger charge is -2.56. The van der Waals surface area contributed by atoms with Gasteiger partial charge in [0.1, 0.15) is 0 Å². The molecule has 2 heteroatoms. The van der Waals surface area contributed by atoms with Gasteiger partial charge in [-0.05, 0) is 73.3 Å². The Balaban J connectivity index is 1.72. The Morgan fingerprint density at radius 2 is 1.71 bits per heavy atom. The molecule has 0 aromatic carbocycles. The van der Waals surface area contributed by atoms with Crippen molar-refractivity contribution < 1.29 is 0 Å². The maximum absolute atomic E-state index is 5.72. The van der Waals surface area contributed by atoms with Gasteiger partial charge in [0.05, 0.1) is 0 Å². The summed E-state index contributed by atoms with van der Waals surface area (Å²) < 4.78 is 0. The SMILES string of the molecule is NCc1cc(C23CC4CC(CC(C4)C2)C3)c[nH]1. The molecular formula is C15H22N2. The summed E-state index contributed by atoms with van der Waals surface area (Å²) in [6.45, 7) is 0.645. The topological polar surface area (TPSA) is 41.8 Å². The van der Waals surface area contributed by atoms with Gasteiger partial charge in [-0.25, -0.2) is 0 Å². The van der Waals surface area contributed by atoms with Crippen LogP contribution >= 0.6 is 0 Å². The summed E-state index contributed by atoms with van der Waals surface area (Å²) in [5.74, 6) is 3.08. The number of nitrogens with one attached hydrogen (secondary N) is 1. The molecule has 0 amide bonds. The molecule has 92 valence electrons. The van der Waals surface area contributed by atoms with E-state index >= 15 is 0 Å². The summed E-state index contributed by atoms with van der Waals surface area (Å²) in [5.41, 5.74) is 9.02. The molecule has 1 aromatic rings. The van der Waals surface area contributed by atoms with Crippen LogP contribution in [0.3, 0.4) is 0 Å². The predicted octanol–water partition coefficient (Wildman–Crippen LogP) is 2.94. The lowest BCUT2D eigenvalue weighted by Crippen LogP contribution is -2.48. The molecule has 2 nitrogen and oxygen atoms in total. The van der Waals surface area contributed by atoms with E-state index in [1.807, 2.05) is 0 Å². The average Bonchev–Trinajstić information content (AvgIpc) is 2.76. The molecule has 4 bridgehead atoms. The van der Waals surface area contributed by atoms with Crippen molar-refractivity contribution in [2.24, 2.45) is 23.5 Å². The zero-order valence-corrected chi connectivity index (χ0v) is 10.4. The van der Waals surface area contributed by atoms with Crippen LogP contribution in [-0.4, -0.2) is 4.98 Å². The number of aromatic nitrogens is 1. The predicted molar refractivity (Wildman–Crippen MR) is 68.5 cm³/mol. The summed E-state index contributed by atoms with van der Waals surface area (Å²) in [6.07, 6.45) is 11.1. The van der Waals surface area contributed by atoms with Gasteiger partial charge in [-0.1, -0.05) is 0 Å². The largest absolute Gasteiger partial charge is 0.364 e. The highest BCUT2D eigenvalue weighted by atomic mass is 14.7. The molecule has 0 unspecified atom stereocenters. The quantitative estimate of drug-likeness (QED) is 0.806. The number of H-pyrrole nitrogens is 1. The summed E-state index contributed by atoms with van der Waals surface area (Å²) in [5, 5.41) is 0. The minimum atomic E-state index is 0.526. The number of aromatic amines is 1. The molecule has 1 aromatic heterocycles. The molecule has 0 aliphatic heterocycles. The van der Waals surface area contributed by atoms with Crippen LogP contribution in [0.1, 0.15) is 49.8 Å². The third-order valence-corrected chi connectivity index (χ3v) is 5.61. The van der Waals surface area contributed by atoms with E-state index in [1.165, 1.54) is 44.2 Å². The van der Waals surface area contributed by atoms with Crippen molar-refractivity contribution in [2.45, 2.75) is 50.5 Å². The Labute approximate surface area is 103 Å². The van der Waals surface area contributed by atoms with E-state index in [9.17, 15) is 0 Å². The smallest absolute Gasteiger partial charge is 0.0332 e. The van der Waals surface area contributed by atoms with Crippen LogP contribution < -0.4 is 5.73 Å². The van der Waals surface area contributed by atoms with Crippen LogP contribution in [0.5, 0.6) is 0 Å². The number of hydrogen-bond donors (Lipinski definition) is 2. The Bertz CT molecular complexity index is 397. The van der Waals surface area contributed by atoms with E-state index in [-0.39, 0.29) is 0 Å². The zero-order chi connectivity index (χ0) is 11.5. The minimum Gasteiger partial charge on any atom is -0.364 e. The molecule has 4 aliphatic rings. The van der Waals surface area contributed by atoms with Crippen LogP contribution in [0.2, 0.25) is 0 Å². The molecule has 4 aliphatic carbocycles. The lowest BCUT2D eigenvalue weighted by atomic mass is 9.48. The first-order chi connectivity index (χ1) is 8.27. The van der Waals surface area contributed by atoms with Crippen LogP contribution in [0.4, 0.5) is 0 Å². The molecule has 0 saturated heterocycles. The first-order valence-corrected chi connectivity index (χ1v) is 7.15. The third kappa shape index (κ3) is 1.43. The van der Waals surface area contributed by atoms with Crippen molar-refractivity contribution >= 4 is 0 Å². The Morgan fingerprint density at radius 1 is 1.12 bits per heavy atom. The van der Waals surface area contributed by atoms with Crippen molar-refractivity contribution in [3.05, 3.63) is 23.5 Å². The van der Waals surface area contributed by atoms with Gasteiger partial charge in [-0.3, -0.25) is 0 Å². The Morgan fingerprint density at radius 3 is 2.18 bits per heavy atom. The fourth-order valence-corrected chi connectivity index (χ4v) is 5.33. The summed E-state index contributed by atoms with van der Waals surface area (Å²) in [4.78, 5) is 3.36. The fraction of sp³-hybridized carbons (Fsp3) is 0.733. The second-order valence-corrected chi connectivity index (χ2v) is 6.82. The van der Waals surface area contributed by atoms with Crippen molar-refractivity contribution in [1.29, 1.82) is 0 Å². The standard InChI is InChI=1S/C15H22N2/c16-8-14-4-13(9-17-14)15-5-10-1-11(6-15)3-12(2-10)7-15/h4,9-12,17H,1-3,5-8,16H2. The Hall–Kier alpha value is -0.760. The van der Waals surface area contributed by atoms with Gasteiger partial charge in [0.15, 0.2) is 0 Å². The van der Waals surface area contributed by atoms with Crippen LogP contribution in [0, 0.1) is 17.8 Å². The molecule has 3 N–H and O–H groups in total. The van der Waals surface area contributed by atoms with Gasteiger partial charge < -0.3 is 10.7 Å². The van der Waals surface area contributed by atoms with E-state index in [0.29, 0.717) is 12.0 Å². The van der Waals surface area contributed by atoms with Crippen molar-refractivity contribution in [1.82, 2.24) is 4.98 Å². The highest BCUT2D eigenvalue weighted by molar-refractivity contribution is 5.30. The normalized spacial score (nSPS) is 43.2. The zero-order valence-electron chi connectivity index (χ0n) is 10.4. The van der Waals surface area contributed by atoms with Gasteiger partial charge in [0, 0.05) is 18.4 Å². The maximum atomic E-state index is 5.72. The number of nitrogens with two attached hydrogens (primary N) is 1. The van der Waals surface area contributed by atoms with Gasteiger partial charge >= 0.3 is 0 Å². The van der Waals surface area contributed by atoms with Gasteiger partial charge in [-0.2, -0.15) is 0 Å². The Kier molecular flexibility index (Phi) is 2.03. The summed E-state index contributed by atoms with van der Waals surface area (Å²) in [7, 11) is 0. The summed E-state index contributed by atoms with van der Waals surface area (Å²) in [6, 6.07) is 2.34.